The molecule has 0 bridgehead atoms. The molecule has 1 amide bonds. The van der Waals surface area contributed by atoms with Crippen LogP contribution in [0.4, 0.5) is 0 Å². The summed E-state index contributed by atoms with van der Waals surface area (Å²) in [5.74, 6) is -0.369. The van der Waals surface area contributed by atoms with Crippen molar-refractivity contribution in [1.82, 2.24) is 5.32 Å². The van der Waals surface area contributed by atoms with Gasteiger partial charge < -0.3 is 10.4 Å². The number of Topliss-reactive ketones (excluding diaryl/α,β-unsaturated/α-hetero) is 1. The van der Waals surface area contributed by atoms with E-state index in [4.69, 9.17) is 11.6 Å². The van der Waals surface area contributed by atoms with Gasteiger partial charge in [0.1, 0.15) is 0 Å². The molecule has 0 saturated carbocycles. The molecule has 22 heavy (non-hydrogen) atoms. The van der Waals surface area contributed by atoms with Crippen LogP contribution in [0.15, 0.2) is 42.5 Å². The normalized spacial score (nSPS) is 11.9. The van der Waals surface area contributed by atoms with Crippen LogP contribution < -0.4 is 5.32 Å². The molecule has 6 heteroatoms. The third-order valence-electron chi connectivity index (χ3n) is 3.15. The van der Waals surface area contributed by atoms with Crippen LogP contribution in [0.1, 0.15) is 34.1 Å². The summed E-state index contributed by atoms with van der Waals surface area (Å²) in [6.07, 6.45) is 0.202. The molecule has 1 aromatic carbocycles. The van der Waals surface area contributed by atoms with Gasteiger partial charge in [0, 0.05) is 12.8 Å². The summed E-state index contributed by atoms with van der Waals surface area (Å²) in [6, 6.07) is 12.1. The molecule has 0 aliphatic heterocycles. The maximum atomic E-state index is 11.9. The molecule has 1 aromatic heterocycles. The van der Waals surface area contributed by atoms with Crippen LogP contribution in [0.5, 0.6) is 0 Å². The average molecular weight is 338 g/mol. The Bertz CT molecular complexity index is 642. The first-order valence-electron chi connectivity index (χ1n) is 6.84. The number of hydrogen-bond acceptors (Lipinski definition) is 4. The lowest BCUT2D eigenvalue weighted by Gasteiger charge is -2.16. The summed E-state index contributed by atoms with van der Waals surface area (Å²) in [4.78, 5) is 24.4. The third kappa shape index (κ3) is 4.66. The summed E-state index contributed by atoms with van der Waals surface area (Å²) >= 11 is 6.99. The topological polar surface area (TPSA) is 66.4 Å². The van der Waals surface area contributed by atoms with Crippen molar-refractivity contribution < 1.29 is 14.7 Å². The first-order chi connectivity index (χ1) is 10.6. The van der Waals surface area contributed by atoms with Crippen LogP contribution in [0.2, 0.25) is 4.34 Å². The molecule has 0 aliphatic rings. The van der Waals surface area contributed by atoms with Gasteiger partial charge in [-0.2, -0.15) is 0 Å². The summed E-state index contributed by atoms with van der Waals surface area (Å²) in [5, 5.41) is 12.1. The predicted octanol–water partition coefficient (Wildman–Crippen LogP) is 3.21. The van der Waals surface area contributed by atoms with Crippen molar-refractivity contribution in [2.45, 2.75) is 18.9 Å². The Balaban J connectivity index is 1.86. The molecule has 4 nitrogen and oxygen atoms in total. The zero-order valence-electron chi connectivity index (χ0n) is 11.8. The van der Waals surface area contributed by atoms with Crippen LogP contribution in [-0.2, 0) is 4.79 Å². The van der Waals surface area contributed by atoms with Gasteiger partial charge in [0.25, 0.3) is 0 Å². The van der Waals surface area contributed by atoms with Gasteiger partial charge in [-0.3, -0.25) is 9.59 Å². The number of carbonyl (C=O) groups is 2. The van der Waals surface area contributed by atoms with Crippen molar-refractivity contribution >= 4 is 34.6 Å². The fourth-order valence-electron chi connectivity index (χ4n) is 2.00. The second-order valence-electron chi connectivity index (χ2n) is 4.74. The standard InChI is InChI=1S/C16H16ClNO3S/c17-15-8-7-14(22-15)13(20)6-9-16(21)18-12(10-19)11-4-2-1-3-5-11/h1-5,7-8,12,19H,6,9-10H2,(H,18,21). The Morgan fingerprint density at radius 3 is 2.45 bits per heavy atom. The monoisotopic (exact) mass is 337 g/mol. The quantitative estimate of drug-likeness (QED) is 0.762. The smallest absolute Gasteiger partial charge is 0.221 e. The highest BCUT2D eigenvalue weighted by molar-refractivity contribution is 7.18. The molecule has 0 fully saturated rings. The lowest BCUT2D eigenvalue weighted by atomic mass is 10.1. The third-order valence-corrected chi connectivity index (χ3v) is 4.42. The molecule has 0 saturated heterocycles. The second kappa shape index (κ2) is 8.08. The summed E-state index contributed by atoms with van der Waals surface area (Å²) in [5.41, 5.74) is 0.828. The lowest BCUT2D eigenvalue weighted by Crippen LogP contribution is -2.30. The minimum Gasteiger partial charge on any atom is -0.394 e. The van der Waals surface area contributed by atoms with Crippen molar-refractivity contribution in [2.75, 3.05) is 6.61 Å². The van der Waals surface area contributed by atoms with E-state index < -0.39 is 6.04 Å². The maximum absolute atomic E-state index is 11.9. The number of benzene rings is 1. The minimum absolute atomic E-state index is 0.0810. The molecule has 0 spiro atoms. The van der Waals surface area contributed by atoms with E-state index in [-0.39, 0.29) is 31.1 Å². The van der Waals surface area contributed by atoms with E-state index >= 15 is 0 Å². The van der Waals surface area contributed by atoms with Crippen LogP contribution in [0.3, 0.4) is 0 Å². The maximum Gasteiger partial charge on any atom is 0.221 e. The highest BCUT2D eigenvalue weighted by atomic mass is 35.5. The largest absolute Gasteiger partial charge is 0.394 e. The van der Waals surface area contributed by atoms with E-state index in [2.05, 4.69) is 5.32 Å². The van der Waals surface area contributed by atoms with Gasteiger partial charge in [0.05, 0.1) is 21.9 Å². The molecular weight excluding hydrogens is 322 g/mol. The zero-order chi connectivity index (χ0) is 15.9. The fraction of sp³-hybridized carbons (Fsp3) is 0.250. The molecule has 1 heterocycles. The highest BCUT2D eigenvalue weighted by Gasteiger charge is 2.15. The number of halogens is 1. The first-order valence-corrected chi connectivity index (χ1v) is 8.03. The Morgan fingerprint density at radius 1 is 1.14 bits per heavy atom. The molecule has 2 N–H and O–H groups in total. The summed E-state index contributed by atoms with van der Waals surface area (Å²) < 4.78 is 0.553. The van der Waals surface area contributed by atoms with Gasteiger partial charge >= 0.3 is 0 Å². The van der Waals surface area contributed by atoms with Crippen LogP contribution >= 0.6 is 22.9 Å². The molecule has 2 aromatic rings. The molecule has 1 unspecified atom stereocenters. The van der Waals surface area contributed by atoms with E-state index in [1.54, 1.807) is 12.1 Å². The van der Waals surface area contributed by atoms with E-state index in [1.807, 2.05) is 30.3 Å². The highest BCUT2D eigenvalue weighted by Crippen LogP contribution is 2.23. The Morgan fingerprint density at radius 2 is 1.86 bits per heavy atom. The number of carbonyl (C=O) groups excluding carboxylic acids is 2. The molecule has 1 atom stereocenters. The predicted molar refractivity (Wildman–Crippen MR) is 87.3 cm³/mol. The van der Waals surface area contributed by atoms with Crippen LogP contribution in [-0.4, -0.2) is 23.4 Å². The fourth-order valence-corrected chi connectivity index (χ4v) is 3.01. The van der Waals surface area contributed by atoms with Crippen LogP contribution in [0, 0.1) is 0 Å². The van der Waals surface area contributed by atoms with Gasteiger partial charge in [-0.1, -0.05) is 41.9 Å². The van der Waals surface area contributed by atoms with Gasteiger partial charge in [-0.15, -0.1) is 11.3 Å². The van der Waals surface area contributed by atoms with Crippen molar-refractivity contribution in [3.8, 4) is 0 Å². The van der Waals surface area contributed by atoms with Crippen molar-refractivity contribution in [1.29, 1.82) is 0 Å². The van der Waals surface area contributed by atoms with E-state index in [1.165, 1.54) is 11.3 Å². The van der Waals surface area contributed by atoms with E-state index in [9.17, 15) is 14.7 Å². The summed E-state index contributed by atoms with van der Waals surface area (Å²) in [6.45, 7) is -0.190. The number of nitrogens with one attached hydrogen (secondary N) is 1. The number of aliphatic hydroxyl groups excluding tert-OH is 1. The average Bonchev–Trinajstić information content (AvgIpc) is 2.97. The van der Waals surface area contributed by atoms with Gasteiger partial charge in [0.2, 0.25) is 5.91 Å². The molecule has 116 valence electrons. The van der Waals surface area contributed by atoms with Gasteiger partial charge in [-0.25, -0.2) is 0 Å². The summed E-state index contributed by atoms with van der Waals surface area (Å²) in [7, 11) is 0. The van der Waals surface area contributed by atoms with Gasteiger partial charge in [-0.05, 0) is 17.7 Å². The van der Waals surface area contributed by atoms with Gasteiger partial charge in [0.15, 0.2) is 5.78 Å². The number of ketones is 1. The van der Waals surface area contributed by atoms with Crippen molar-refractivity contribution in [2.24, 2.45) is 0 Å². The number of aliphatic hydroxyl groups is 1. The van der Waals surface area contributed by atoms with E-state index in [0.717, 1.165) is 5.56 Å². The Hall–Kier alpha value is -1.69. The Kier molecular flexibility index (Phi) is 6.12. The number of rotatable bonds is 7. The number of thiophene rings is 1. The van der Waals surface area contributed by atoms with E-state index in [0.29, 0.717) is 9.21 Å². The zero-order valence-corrected chi connectivity index (χ0v) is 13.4. The first kappa shape index (κ1) is 16.7. The molecule has 0 radical (unpaired) electrons. The van der Waals surface area contributed by atoms with Crippen molar-refractivity contribution in [3.05, 3.63) is 57.2 Å². The number of hydrogen-bond donors (Lipinski definition) is 2. The Labute approximate surface area is 137 Å². The van der Waals surface area contributed by atoms with Crippen molar-refractivity contribution in [3.63, 3.8) is 0 Å². The number of amides is 1. The molecule has 0 aliphatic carbocycles. The minimum atomic E-state index is -0.458. The second-order valence-corrected chi connectivity index (χ2v) is 6.46. The van der Waals surface area contributed by atoms with Crippen LogP contribution in [0.25, 0.3) is 0 Å². The SMILES string of the molecule is O=C(CCC(=O)c1ccc(Cl)s1)NC(CO)c1ccccc1. The lowest BCUT2D eigenvalue weighted by molar-refractivity contribution is -0.122. The molecular formula is C16H16ClNO3S. The molecule has 2 rings (SSSR count).